The monoisotopic (exact) mass is 274 g/mol. The minimum Gasteiger partial charge on any atom is -0.480 e. The molecule has 0 radical (unpaired) electrons. The number of nitriles is 1. The lowest BCUT2D eigenvalue weighted by Crippen LogP contribution is -2.41. The van der Waals surface area contributed by atoms with E-state index in [1.54, 1.807) is 24.3 Å². The van der Waals surface area contributed by atoms with Gasteiger partial charge in [-0.1, -0.05) is 26.0 Å². The van der Waals surface area contributed by atoms with E-state index in [0.717, 1.165) is 5.56 Å². The lowest BCUT2D eigenvalue weighted by atomic mass is 10.0. The Morgan fingerprint density at radius 3 is 2.35 bits per heavy atom. The molecule has 20 heavy (non-hydrogen) atoms. The molecule has 0 bridgehead atoms. The van der Waals surface area contributed by atoms with Crippen molar-refractivity contribution in [2.75, 3.05) is 0 Å². The first-order valence-corrected chi connectivity index (χ1v) is 6.43. The van der Waals surface area contributed by atoms with Crippen molar-refractivity contribution in [3.8, 4) is 6.07 Å². The summed E-state index contributed by atoms with van der Waals surface area (Å²) in [6.07, 6.45) is 0.667. The molecule has 1 atom stereocenters. The Labute approximate surface area is 118 Å². The Morgan fingerprint density at radius 2 is 1.90 bits per heavy atom. The number of benzene rings is 1. The topological polar surface area (TPSA) is 90.2 Å². The average Bonchev–Trinajstić information content (AvgIpc) is 2.38. The van der Waals surface area contributed by atoms with E-state index >= 15 is 0 Å². The summed E-state index contributed by atoms with van der Waals surface area (Å²) in [5, 5.41) is 20.2. The number of hydrogen-bond donors (Lipinski definition) is 2. The molecule has 0 fully saturated rings. The molecule has 1 rings (SSSR count). The molecule has 0 aliphatic heterocycles. The fourth-order valence-electron chi connectivity index (χ4n) is 1.80. The highest BCUT2D eigenvalue weighted by atomic mass is 16.4. The second kappa shape index (κ2) is 7.29. The van der Waals surface area contributed by atoms with Crippen LogP contribution >= 0.6 is 0 Å². The number of nitrogens with zero attached hydrogens (tertiary/aromatic N) is 1. The van der Waals surface area contributed by atoms with Crippen molar-refractivity contribution in [2.45, 2.75) is 32.7 Å². The molecule has 5 nitrogen and oxygen atoms in total. The molecule has 1 aromatic carbocycles. The molecular formula is C15H18N2O3. The van der Waals surface area contributed by atoms with Gasteiger partial charge in [-0.25, -0.2) is 4.79 Å². The summed E-state index contributed by atoms with van der Waals surface area (Å²) in [7, 11) is 0. The van der Waals surface area contributed by atoms with Crippen molar-refractivity contribution in [1.29, 1.82) is 5.26 Å². The summed E-state index contributed by atoms with van der Waals surface area (Å²) < 4.78 is 0. The van der Waals surface area contributed by atoms with Gasteiger partial charge < -0.3 is 10.4 Å². The maximum Gasteiger partial charge on any atom is 0.326 e. The molecule has 0 heterocycles. The van der Waals surface area contributed by atoms with Gasteiger partial charge in [0.15, 0.2) is 0 Å². The zero-order chi connectivity index (χ0) is 15.1. The van der Waals surface area contributed by atoms with Crippen molar-refractivity contribution in [3.05, 3.63) is 35.4 Å². The number of nitrogens with one attached hydrogen (secondary N) is 1. The zero-order valence-electron chi connectivity index (χ0n) is 11.6. The quantitative estimate of drug-likeness (QED) is 0.830. The molecule has 1 amide bonds. The van der Waals surface area contributed by atoms with Crippen molar-refractivity contribution in [2.24, 2.45) is 5.92 Å². The minimum absolute atomic E-state index is 0.175. The molecular weight excluding hydrogens is 256 g/mol. The van der Waals surface area contributed by atoms with Crippen LogP contribution in [0.1, 0.15) is 36.2 Å². The predicted molar refractivity (Wildman–Crippen MR) is 74.1 cm³/mol. The fourth-order valence-corrected chi connectivity index (χ4v) is 1.80. The number of carboxylic acids is 1. The highest BCUT2D eigenvalue weighted by Gasteiger charge is 2.21. The summed E-state index contributed by atoms with van der Waals surface area (Å²) in [5.74, 6) is -1.27. The van der Waals surface area contributed by atoms with Crippen LogP contribution in [0.25, 0.3) is 0 Å². The lowest BCUT2D eigenvalue weighted by Gasteiger charge is -2.16. The van der Waals surface area contributed by atoms with Crippen LogP contribution in [0.2, 0.25) is 0 Å². The molecule has 0 aliphatic carbocycles. The van der Waals surface area contributed by atoms with Gasteiger partial charge in [-0.3, -0.25) is 4.79 Å². The van der Waals surface area contributed by atoms with E-state index in [0.29, 0.717) is 12.0 Å². The summed E-state index contributed by atoms with van der Waals surface area (Å²) in [4.78, 5) is 23.1. The van der Waals surface area contributed by atoms with Crippen molar-refractivity contribution in [3.63, 3.8) is 0 Å². The van der Waals surface area contributed by atoms with E-state index in [9.17, 15) is 9.59 Å². The molecule has 106 valence electrons. The van der Waals surface area contributed by atoms with E-state index in [2.05, 4.69) is 5.32 Å². The van der Waals surface area contributed by atoms with Crippen LogP contribution in [0.5, 0.6) is 0 Å². The minimum atomic E-state index is -1.03. The van der Waals surface area contributed by atoms with E-state index in [-0.39, 0.29) is 12.3 Å². The van der Waals surface area contributed by atoms with Gasteiger partial charge in [0.25, 0.3) is 5.91 Å². The number of aliphatic carboxylic acids is 1. The average molecular weight is 274 g/mol. The van der Waals surface area contributed by atoms with E-state index in [1.807, 2.05) is 19.9 Å². The largest absolute Gasteiger partial charge is 0.480 e. The number of carbonyl (C=O) groups is 2. The van der Waals surface area contributed by atoms with Gasteiger partial charge in [-0.15, -0.1) is 0 Å². The second-order valence-electron chi connectivity index (χ2n) is 5.03. The third kappa shape index (κ3) is 4.73. The predicted octanol–water partition coefficient (Wildman–Crippen LogP) is 1.98. The molecule has 2 N–H and O–H groups in total. The Morgan fingerprint density at radius 1 is 1.30 bits per heavy atom. The lowest BCUT2D eigenvalue weighted by molar-refractivity contribution is -0.139. The van der Waals surface area contributed by atoms with E-state index < -0.39 is 17.9 Å². The molecule has 1 unspecified atom stereocenters. The first kappa shape index (κ1) is 15.7. The van der Waals surface area contributed by atoms with Crippen molar-refractivity contribution >= 4 is 11.9 Å². The number of amides is 1. The van der Waals surface area contributed by atoms with Gasteiger partial charge in [-0.2, -0.15) is 5.26 Å². The van der Waals surface area contributed by atoms with Crippen LogP contribution < -0.4 is 5.32 Å². The Bertz CT molecular complexity index is 515. The van der Waals surface area contributed by atoms with Gasteiger partial charge in [0.1, 0.15) is 6.04 Å². The Balaban J connectivity index is 2.73. The van der Waals surface area contributed by atoms with Crippen LogP contribution in [0.4, 0.5) is 0 Å². The molecule has 0 aliphatic rings. The van der Waals surface area contributed by atoms with Gasteiger partial charge in [0, 0.05) is 5.56 Å². The van der Waals surface area contributed by atoms with Crippen LogP contribution in [0.15, 0.2) is 24.3 Å². The molecule has 0 spiro atoms. The van der Waals surface area contributed by atoms with Crippen molar-refractivity contribution in [1.82, 2.24) is 5.32 Å². The van der Waals surface area contributed by atoms with Crippen LogP contribution in [-0.4, -0.2) is 23.0 Å². The maximum absolute atomic E-state index is 12.0. The maximum atomic E-state index is 12.0. The third-order valence-electron chi connectivity index (χ3n) is 2.81. The number of rotatable bonds is 6. The SMILES string of the molecule is CC(C)CC(NC(=O)c1ccc(CC#N)cc1)C(=O)O. The molecule has 0 aromatic heterocycles. The van der Waals surface area contributed by atoms with Gasteiger partial charge >= 0.3 is 5.97 Å². The normalized spacial score (nSPS) is 11.7. The van der Waals surface area contributed by atoms with Crippen LogP contribution in [-0.2, 0) is 11.2 Å². The standard InChI is InChI=1S/C15H18N2O3/c1-10(2)9-13(15(19)20)17-14(18)12-5-3-11(4-6-12)7-8-16/h3-6,10,13H,7,9H2,1-2H3,(H,17,18)(H,19,20). The van der Waals surface area contributed by atoms with Gasteiger partial charge in [-0.05, 0) is 30.0 Å². The van der Waals surface area contributed by atoms with Crippen LogP contribution in [0.3, 0.4) is 0 Å². The molecule has 1 aromatic rings. The summed E-state index contributed by atoms with van der Waals surface area (Å²) >= 11 is 0. The first-order valence-electron chi connectivity index (χ1n) is 6.43. The third-order valence-corrected chi connectivity index (χ3v) is 2.81. The van der Waals surface area contributed by atoms with Crippen LogP contribution in [0, 0.1) is 17.2 Å². The van der Waals surface area contributed by atoms with E-state index in [1.165, 1.54) is 0 Å². The fraction of sp³-hybridized carbons (Fsp3) is 0.400. The number of carboxylic acid groups (broad SMARTS) is 1. The summed E-state index contributed by atoms with van der Waals surface area (Å²) in [6, 6.07) is 7.70. The van der Waals surface area contributed by atoms with Crippen molar-refractivity contribution < 1.29 is 14.7 Å². The molecule has 0 saturated heterocycles. The second-order valence-corrected chi connectivity index (χ2v) is 5.03. The highest BCUT2D eigenvalue weighted by molar-refractivity contribution is 5.96. The molecule has 5 heteroatoms. The summed E-state index contributed by atoms with van der Waals surface area (Å²) in [6.45, 7) is 3.80. The smallest absolute Gasteiger partial charge is 0.326 e. The highest BCUT2D eigenvalue weighted by Crippen LogP contribution is 2.08. The van der Waals surface area contributed by atoms with Gasteiger partial charge in [0.05, 0.1) is 12.5 Å². The molecule has 0 saturated carbocycles. The van der Waals surface area contributed by atoms with Gasteiger partial charge in [0.2, 0.25) is 0 Å². The Hall–Kier alpha value is -2.35. The number of carbonyl (C=O) groups excluding carboxylic acids is 1. The number of hydrogen-bond acceptors (Lipinski definition) is 3. The Kier molecular flexibility index (Phi) is 5.73. The van der Waals surface area contributed by atoms with E-state index in [4.69, 9.17) is 10.4 Å². The first-order chi connectivity index (χ1) is 9.43. The summed E-state index contributed by atoms with van der Waals surface area (Å²) in [5.41, 5.74) is 1.21. The zero-order valence-corrected chi connectivity index (χ0v) is 11.6.